The summed E-state index contributed by atoms with van der Waals surface area (Å²) in [4.78, 5) is 24.4. The van der Waals surface area contributed by atoms with Crippen LogP contribution in [0.15, 0.2) is 61.1 Å². The molecule has 1 aliphatic carbocycles. The van der Waals surface area contributed by atoms with Gasteiger partial charge in [0.15, 0.2) is 5.82 Å². The summed E-state index contributed by atoms with van der Waals surface area (Å²) in [6, 6.07) is 16.2. The summed E-state index contributed by atoms with van der Waals surface area (Å²) in [5.41, 5.74) is 3.66. The average Bonchev–Trinajstić information content (AvgIpc) is 3.25. The van der Waals surface area contributed by atoms with Gasteiger partial charge in [-0.25, -0.2) is 14.4 Å². The lowest BCUT2D eigenvalue weighted by Gasteiger charge is -2.37. The van der Waals surface area contributed by atoms with Gasteiger partial charge in [0.1, 0.15) is 11.2 Å². The number of benzene rings is 2. The molecule has 0 spiro atoms. The normalized spacial score (nSPS) is 18.0. The zero-order valence-electron chi connectivity index (χ0n) is 20.0. The van der Waals surface area contributed by atoms with Gasteiger partial charge >= 0.3 is 0 Å². The summed E-state index contributed by atoms with van der Waals surface area (Å²) in [5, 5.41) is 3.92. The summed E-state index contributed by atoms with van der Waals surface area (Å²) in [6.07, 6.45) is 7.05. The molecule has 0 unspecified atom stereocenters. The van der Waals surface area contributed by atoms with Crippen molar-refractivity contribution < 1.29 is 9.18 Å². The molecule has 1 saturated carbocycles. The van der Waals surface area contributed by atoms with Crippen LogP contribution in [0.2, 0.25) is 0 Å². The average molecular weight is 489 g/mol. The van der Waals surface area contributed by atoms with Crippen LogP contribution in [0.25, 0.3) is 21.3 Å². The van der Waals surface area contributed by atoms with Gasteiger partial charge in [0.25, 0.3) is 5.91 Å². The summed E-state index contributed by atoms with van der Waals surface area (Å²) >= 11 is 1.26. The molecule has 1 N–H and O–H groups in total. The second kappa shape index (κ2) is 10.2. The molecule has 1 amide bonds. The van der Waals surface area contributed by atoms with Crippen LogP contribution in [0.1, 0.15) is 46.5 Å². The molecule has 0 aliphatic heterocycles. The van der Waals surface area contributed by atoms with Crippen molar-refractivity contribution in [1.29, 1.82) is 0 Å². The fraction of sp³-hybridized carbons (Fsp3) is 0.321. The highest BCUT2D eigenvalue weighted by Crippen LogP contribution is 2.35. The smallest absolute Gasteiger partial charge is 0.267 e. The Labute approximate surface area is 209 Å². The summed E-state index contributed by atoms with van der Waals surface area (Å²) in [6.45, 7) is 2.32. The second-order valence-corrected chi connectivity index (χ2v) is 10.3. The fourth-order valence-corrected chi connectivity index (χ4v) is 6.19. The molecule has 7 heteroatoms. The second-order valence-electron chi connectivity index (χ2n) is 9.22. The first kappa shape index (κ1) is 23.6. The van der Waals surface area contributed by atoms with Crippen molar-refractivity contribution in [2.45, 2.75) is 51.2 Å². The van der Waals surface area contributed by atoms with E-state index < -0.39 is 5.82 Å². The Morgan fingerprint density at radius 3 is 2.66 bits per heavy atom. The van der Waals surface area contributed by atoms with Crippen molar-refractivity contribution >= 4 is 27.3 Å². The molecule has 0 saturated heterocycles. The van der Waals surface area contributed by atoms with Gasteiger partial charge in [0, 0.05) is 40.5 Å². The van der Waals surface area contributed by atoms with Crippen LogP contribution in [-0.4, -0.2) is 39.9 Å². The first-order chi connectivity index (χ1) is 17.0. The third kappa shape index (κ3) is 4.83. The van der Waals surface area contributed by atoms with Crippen molar-refractivity contribution in [1.82, 2.24) is 20.2 Å². The Bertz CT molecular complexity index is 1330. The number of aromatic nitrogens is 2. The van der Waals surface area contributed by atoms with Crippen LogP contribution in [0.4, 0.5) is 4.39 Å². The maximum atomic E-state index is 15.5. The van der Waals surface area contributed by atoms with Gasteiger partial charge < -0.3 is 10.2 Å². The van der Waals surface area contributed by atoms with E-state index in [-0.39, 0.29) is 16.8 Å². The lowest BCUT2D eigenvalue weighted by atomic mass is 9.89. The maximum absolute atomic E-state index is 15.5. The van der Waals surface area contributed by atoms with E-state index in [1.54, 1.807) is 6.20 Å². The van der Waals surface area contributed by atoms with E-state index in [2.05, 4.69) is 21.4 Å². The van der Waals surface area contributed by atoms with Crippen LogP contribution in [0, 0.1) is 12.7 Å². The lowest BCUT2D eigenvalue weighted by Crippen LogP contribution is -2.44. The third-order valence-electron chi connectivity index (χ3n) is 7.02. The number of rotatable bonds is 6. The summed E-state index contributed by atoms with van der Waals surface area (Å²) in [5.74, 6) is -0.611. The Kier molecular flexibility index (Phi) is 6.88. The predicted octanol–water partition coefficient (Wildman–Crippen LogP) is 5.98. The van der Waals surface area contributed by atoms with Crippen molar-refractivity contribution in [2.24, 2.45) is 0 Å². The zero-order chi connectivity index (χ0) is 24.4. The van der Waals surface area contributed by atoms with Gasteiger partial charge in [-0.2, -0.15) is 0 Å². The van der Waals surface area contributed by atoms with Crippen LogP contribution < -0.4 is 5.32 Å². The quantitative estimate of drug-likeness (QED) is 0.363. The first-order valence-corrected chi connectivity index (χ1v) is 12.9. The summed E-state index contributed by atoms with van der Waals surface area (Å²) < 4.78 is 16.4. The highest BCUT2D eigenvalue weighted by atomic mass is 32.1. The van der Waals surface area contributed by atoms with Crippen LogP contribution in [0.5, 0.6) is 0 Å². The molecule has 1 aliphatic rings. The van der Waals surface area contributed by atoms with E-state index in [0.717, 1.165) is 52.8 Å². The van der Waals surface area contributed by atoms with Crippen molar-refractivity contribution in [3.05, 3.63) is 82.9 Å². The molecule has 35 heavy (non-hydrogen) atoms. The van der Waals surface area contributed by atoms with E-state index >= 15 is 4.39 Å². The summed E-state index contributed by atoms with van der Waals surface area (Å²) in [7, 11) is 1.99. The van der Waals surface area contributed by atoms with Gasteiger partial charge in [-0.3, -0.25) is 4.79 Å². The van der Waals surface area contributed by atoms with Gasteiger partial charge in [0.05, 0.1) is 5.69 Å². The molecule has 2 aromatic carbocycles. The molecular weight excluding hydrogens is 459 g/mol. The van der Waals surface area contributed by atoms with Gasteiger partial charge in [0.2, 0.25) is 0 Å². The van der Waals surface area contributed by atoms with Crippen LogP contribution in [-0.2, 0) is 6.54 Å². The van der Waals surface area contributed by atoms with Gasteiger partial charge in [-0.15, -0.1) is 11.3 Å². The number of thiophene rings is 1. The Morgan fingerprint density at radius 1 is 1.14 bits per heavy atom. The number of fused-ring (bicyclic) bond motifs is 1. The molecule has 2 heterocycles. The lowest BCUT2D eigenvalue weighted by molar-refractivity contribution is 0.0602. The number of hydrogen-bond acceptors (Lipinski definition) is 5. The first-order valence-electron chi connectivity index (χ1n) is 12.1. The molecule has 180 valence electrons. The third-order valence-corrected chi connectivity index (χ3v) is 8.14. The number of hydrogen-bond donors (Lipinski definition) is 1. The molecule has 0 atom stereocenters. The number of halogens is 1. The Balaban J connectivity index is 1.49. The monoisotopic (exact) mass is 488 g/mol. The Hall–Kier alpha value is -3.16. The highest BCUT2D eigenvalue weighted by molar-refractivity contribution is 7.20. The number of carbonyl (C=O) groups is 1. The largest absolute Gasteiger partial charge is 0.331 e. The van der Waals surface area contributed by atoms with Gasteiger partial charge in [-0.1, -0.05) is 30.3 Å². The molecule has 5 rings (SSSR count). The van der Waals surface area contributed by atoms with E-state index in [0.29, 0.717) is 18.0 Å². The maximum Gasteiger partial charge on any atom is 0.267 e. The molecule has 1 fully saturated rings. The minimum atomic E-state index is -0.392. The molecule has 2 aromatic heterocycles. The molecule has 5 nitrogen and oxygen atoms in total. The van der Waals surface area contributed by atoms with E-state index in [4.69, 9.17) is 0 Å². The number of carbonyl (C=O) groups excluding carboxylic acids is 1. The topological polar surface area (TPSA) is 58.1 Å². The van der Waals surface area contributed by atoms with E-state index in [1.807, 2.05) is 61.3 Å². The molecule has 4 aromatic rings. The fourth-order valence-electron chi connectivity index (χ4n) is 5.07. The predicted molar refractivity (Wildman–Crippen MR) is 139 cm³/mol. The molecule has 0 radical (unpaired) electrons. The van der Waals surface area contributed by atoms with Gasteiger partial charge in [-0.05, 0) is 69.0 Å². The van der Waals surface area contributed by atoms with Crippen LogP contribution in [0.3, 0.4) is 0 Å². The van der Waals surface area contributed by atoms with Crippen LogP contribution >= 0.6 is 11.3 Å². The SMILES string of the molecule is CNC1CCC(N(Cc2cccc(-c3ccncn3)c2)C(=O)c2sc3cccc(C)c3c2F)CC1. The van der Waals surface area contributed by atoms with Crippen molar-refractivity contribution in [3.8, 4) is 11.3 Å². The number of aryl methyl sites for hydroxylation is 1. The minimum Gasteiger partial charge on any atom is -0.331 e. The van der Waals surface area contributed by atoms with E-state index in [1.165, 1.54) is 17.7 Å². The highest BCUT2D eigenvalue weighted by Gasteiger charge is 2.32. The van der Waals surface area contributed by atoms with Crippen molar-refractivity contribution in [2.75, 3.05) is 7.05 Å². The minimum absolute atomic E-state index is 0.0699. The number of nitrogens with zero attached hydrogens (tertiary/aromatic N) is 3. The molecule has 0 bridgehead atoms. The standard InChI is InChI=1S/C28H29FN4OS/c1-18-5-3-8-24-25(18)26(29)27(35-24)28(34)33(22-11-9-21(30-2)10-12-22)16-19-6-4-7-20(15-19)23-13-14-31-17-32-23/h3-8,13-15,17,21-22,30H,9-12,16H2,1-2H3. The van der Waals surface area contributed by atoms with Crippen molar-refractivity contribution in [3.63, 3.8) is 0 Å². The Morgan fingerprint density at radius 2 is 1.94 bits per heavy atom. The number of nitrogens with one attached hydrogen (secondary N) is 1. The zero-order valence-corrected chi connectivity index (χ0v) is 20.8. The molecular formula is C28H29FN4OS. The number of amides is 1. The van der Waals surface area contributed by atoms with E-state index in [9.17, 15) is 4.79 Å².